The fraction of sp³-hybridized carbons (Fsp3) is 0.300. The zero-order valence-electron chi connectivity index (χ0n) is 15.3. The van der Waals surface area contributed by atoms with E-state index in [9.17, 15) is 4.79 Å². The Balaban J connectivity index is 1.41. The van der Waals surface area contributed by atoms with Crippen LogP contribution < -0.4 is 5.32 Å². The van der Waals surface area contributed by atoms with Crippen LogP contribution in [0.15, 0.2) is 61.3 Å². The number of ether oxygens (including phenoxy) is 2. The number of rotatable bonds is 6. The molecule has 0 aliphatic carbocycles. The molecule has 2 aromatic heterocycles. The molecule has 0 saturated carbocycles. The van der Waals surface area contributed by atoms with Gasteiger partial charge in [-0.1, -0.05) is 12.1 Å². The first kappa shape index (κ1) is 18.3. The number of hydrogen-bond acceptors (Lipinski definition) is 6. The molecule has 8 nitrogen and oxygen atoms in total. The van der Waals surface area contributed by atoms with E-state index in [1.807, 2.05) is 36.4 Å². The Morgan fingerprint density at radius 1 is 1.21 bits per heavy atom. The van der Waals surface area contributed by atoms with Crippen LogP contribution in [0.25, 0.3) is 5.69 Å². The first-order valence-corrected chi connectivity index (χ1v) is 9.15. The topological polar surface area (TPSA) is 91.2 Å². The molecule has 2 atom stereocenters. The van der Waals surface area contributed by atoms with Crippen molar-refractivity contribution in [2.24, 2.45) is 0 Å². The van der Waals surface area contributed by atoms with Crippen LogP contribution >= 0.6 is 0 Å². The summed E-state index contributed by atoms with van der Waals surface area (Å²) in [6.45, 7) is 1.41. The number of hydrogen-bond donors (Lipinski definition) is 1. The van der Waals surface area contributed by atoms with Crippen molar-refractivity contribution in [1.29, 1.82) is 0 Å². The number of nitrogens with one attached hydrogen (secondary N) is 1. The Kier molecular flexibility index (Phi) is 5.69. The smallest absolute Gasteiger partial charge is 0.251 e. The summed E-state index contributed by atoms with van der Waals surface area (Å²) in [7, 11) is 0. The first-order chi connectivity index (χ1) is 13.8. The Morgan fingerprint density at radius 2 is 2.11 bits per heavy atom. The van der Waals surface area contributed by atoms with E-state index in [1.165, 1.54) is 0 Å². The van der Waals surface area contributed by atoms with Gasteiger partial charge < -0.3 is 14.8 Å². The average molecular weight is 379 g/mol. The fourth-order valence-electron chi connectivity index (χ4n) is 3.11. The summed E-state index contributed by atoms with van der Waals surface area (Å²) in [4.78, 5) is 17.1. The lowest BCUT2D eigenvalue weighted by Gasteiger charge is -2.32. The van der Waals surface area contributed by atoms with Crippen molar-refractivity contribution in [1.82, 2.24) is 25.1 Å². The molecule has 0 spiro atoms. The van der Waals surface area contributed by atoms with Crippen molar-refractivity contribution < 1.29 is 14.3 Å². The molecule has 1 aromatic carbocycles. The third-order valence-electron chi connectivity index (χ3n) is 4.62. The Hall–Kier alpha value is -3.10. The molecule has 1 aliphatic heterocycles. The molecule has 0 unspecified atom stereocenters. The molecule has 1 fully saturated rings. The Bertz CT molecular complexity index is 901. The Morgan fingerprint density at radius 3 is 2.93 bits per heavy atom. The number of aromatic nitrogens is 4. The van der Waals surface area contributed by atoms with Gasteiger partial charge in [-0.15, -0.1) is 10.2 Å². The van der Waals surface area contributed by atoms with E-state index in [4.69, 9.17) is 9.47 Å². The zero-order chi connectivity index (χ0) is 19.2. The summed E-state index contributed by atoms with van der Waals surface area (Å²) in [6, 6.07) is 12.9. The minimum atomic E-state index is -0.222. The highest BCUT2D eigenvalue weighted by Gasteiger charge is 2.28. The maximum Gasteiger partial charge on any atom is 0.251 e. The van der Waals surface area contributed by atoms with E-state index in [0.29, 0.717) is 31.8 Å². The molecule has 144 valence electrons. The van der Waals surface area contributed by atoms with E-state index in [1.54, 1.807) is 29.5 Å². The lowest BCUT2D eigenvalue weighted by Crippen LogP contribution is -2.50. The van der Waals surface area contributed by atoms with E-state index in [0.717, 1.165) is 11.4 Å². The van der Waals surface area contributed by atoms with Crippen LogP contribution in [0, 0.1) is 0 Å². The van der Waals surface area contributed by atoms with Gasteiger partial charge in [0.25, 0.3) is 5.91 Å². The number of amides is 1. The van der Waals surface area contributed by atoms with Crippen LogP contribution in [0.4, 0.5) is 0 Å². The van der Waals surface area contributed by atoms with Crippen LogP contribution in [-0.2, 0) is 16.1 Å². The summed E-state index contributed by atoms with van der Waals surface area (Å²) in [5.41, 5.74) is 2.24. The standard InChI is InChI=1S/C20H21N5O3/c26-20(15-4-3-6-17(10-15)25-13-22-23-14-25)24-18-7-9-27-12-19(18)28-11-16-5-1-2-8-21-16/h1-6,8,10,13-14,18-19H,7,9,11-12H2,(H,24,26)/t18-,19-/m1/s1. The van der Waals surface area contributed by atoms with Gasteiger partial charge in [0.2, 0.25) is 0 Å². The van der Waals surface area contributed by atoms with Crippen molar-refractivity contribution in [3.05, 3.63) is 72.6 Å². The minimum absolute atomic E-state index is 0.122. The van der Waals surface area contributed by atoms with Crippen molar-refractivity contribution in [3.8, 4) is 5.69 Å². The molecule has 1 saturated heterocycles. The third kappa shape index (κ3) is 4.41. The summed E-state index contributed by atoms with van der Waals surface area (Å²) in [6.07, 6.45) is 5.40. The van der Waals surface area contributed by atoms with Crippen molar-refractivity contribution in [2.45, 2.75) is 25.2 Å². The second-order valence-corrected chi connectivity index (χ2v) is 6.53. The predicted octanol–water partition coefficient (Wildman–Crippen LogP) is 1.77. The van der Waals surface area contributed by atoms with Crippen molar-refractivity contribution >= 4 is 5.91 Å². The van der Waals surface area contributed by atoms with Gasteiger partial charge in [-0.3, -0.25) is 14.3 Å². The summed E-state index contributed by atoms with van der Waals surface area (Å²) < 4.78 is 13.3. The lowest BCUT2D eigenvalue weighted by atomic mass is 10.0. The normalized spacial score (nSPS) is 19.3. The molecular formula is C20H21N5O3. The summed E-state index contributed by atoms with van der Waals surface area (Å²) in [5.74, 6) is -0.145. The largest absolute Gasteiger partial charge is 0.379 e. The highest BCUT2D eigenvalue weighted by atomic mass is 16.5. The molecule has 1 N–H and O–H groups in total. The van der Waals surface area contributed by atoms with E-state index < -0.39 is 0 Å². The third-order valence-corrected chi connectivity index (χ3v) is 4.62. The number of nitrogens with zero attached hydrogens (tertiary/aromatic N) is 4. The molecule has 3 heterocycles. The highest BCUT2D eigenvalue weighted by molar-refractivity contribution is 5.95. The van der Waals surface area contributed by atoms with Crippen LogP contribution in [-0.4, -0.2) is 51.0 Å². The highest BCUT2D eigenvalue weighted by Crippen LogP contribution is 2.15. The van der Waals surface area contributed by atoms with Crippen LogP contribution in [0.5, 0.6) is 0 Å². The molecule has 1 aliphatic rings. The number of pyridine rings is 1. The molecular weight excluding hydrogens is 358 g/mol. The first-order valence-electron chi connectivity index (χ1n) is 9.15. The van der Waals surface area contributed by atoms with Gasteiger partial charge in [0.05, 0.1) is 24.9 Å². The van der Waals surface area contributed by atoms with Crippen molar-refractivity contribution in [3.63, 3.8) is 0 Å². The van der Waals surface area contributed by atoms with Crippen molar-refractivity contribution in [2.75, 3.05) is 13.2 Å². The van der Waals surface area contributed by atoms with E-state index in [2.05, 4.69) is 20.5 Å². The van der Waals surface area contributed by atoms with Gasteiger partial charge in [-0.05, 0) is 36.8 Å². The SMILES string of the molecule is O=C(N[C@@H]1CCOC[C@H]1OCc1ccccn1)c1cccc(-n2cnnc2)c1. The molecule has 4 rings (SSSR count). The average Bonchev–Trinajstić information content (AvgIpc) is 3.29. The van der Waals surface area contributed by atoms with Crippen LogP contribution in [0.2, 0.25) is 0 Å². The minimum Gasteiger partial charge on any atom is -0.379 e. The maximum absolute atomic E-state index is 12.8. The van der Waals surface area contributed by atoms with Gasteiger partial charge >= 0.3 is 0 Å². The van der Waals surface area contributed by atoms with Crippen LogP contribution in [0.1, 0.15) is 22.5 Å². The second kappa shape index (κ2) is 8.73. The number of carbonyl (C=O) groups excluding carboxylic acids is 1. The summed E-state index contributed by atoms with van der Waals surface area (Å²) in [5, 5.41) is 10.7. The summed E-state index contributed by atoms with van der Waals surface area (Å²) >= 11 is 0. The molecule has 3 aromatic rings. The number of benzene rings is 1. The molecule has 8 heteroatoms. The van der Waals surface area contributed by atoms with Gasteiger partial charge in [0.15, 0.2) is 0 Å². The molecule has 0 radical (unpaired) electrons. The van der Waals surface area contributed by atoms with Gasteiger partial charge in [0.1, 0.15) is 18.8 Å². The number of carbonyl (C=O) groups is 1. The fourth-order valence-corrected chi connectivity index (χ4v) is 3.11. The lowest BCUT2D eigenvalue weighted by molar-refractivity contribution is -0.0743. The van der Waals surface area contributed by atoms with Gasteiger partial charge in [0, 0.05) is 24.1 Å². The molecule has 28 heavy (non-hydrogen) atoms. The molecule has 0 bridgehead atoms. The van der Waals surface area contributed by atoms with Gasteiger partial charge in [-0.2, -0.15) is 0 Å². The van der Waals surface area contributed by atoms with E-state index >= 15 is 0 Å². The monoisotopic (exact) mass is 379 g/mol. The quantitative estimate of drug-likeness (QED) is 0.702. The second-order valence-electron chi connectivity index (χ2n) is 6.53. The predicted molar refractivity (Wildman–Crippen MR) is 101 cm³/mol. The zero-order valence-corrected chi connectivity index (χ0v) is 15.3. The maximum atomic E-state index is 12.8. The van der Waals surface area contributed by atoms with Crippen LogP contribution in [0.3, 0.4) is 0 Å². The van der Waals surface area contributed by atoms with Gasteiger partial charge in [-0.25, -0.2) is 0 Å². The molecule has 1 amide bonds. The van der Waals surface area contributed by atoms with E-state index in [-0.39, 0.29) is 18.1 Å². The Labute approximate surface area is 162 Å².